The second-order valence-corrected chi connectivity index (χ2v) is 8.46. The molecule has 0 bridgehead atoms. The lowest BCUT2D eigenvalue weighted by Crippen LogP contribution is -2.28. The quantitative estimate of drug-likeness (QED) is 0.128. The average molecular weight is 362 g/mol. The van der Waals surface area contributed by atoms with E-state index in [1.165, 1.54) is 102 Å². The Morgan fingerprint density at radius 2 is 1.38 bits per heavy atom. The predicted octanol–water partition coefficient (Wildman–Crippen LogP) is 7.93. The molecule has 26 heavy (non-hydrogen) atoms. The van der Waals surface area contributed by atoms with Crippen LogP contribution in [0.1, 0.15) is 104 Å². The summed E-state index contributed by atoms with van der Waals surface area (Å²) in [5.41, 5.74) is 4.20. The minimum absolute atomic E-state index is 0.817. The monoisotopic (exact) mass is 361 g/mol. The zero-order valence-corrected chi connectivity index (χ0v) is 18.3. The molecule has 152 valence electrons. The maximum atomic E-state index is 3.99. The molecule has 0 aliphatic heterocycles. The molecular formula is C25H47N. The molecule has 0 amide bonds. The van der Waals surface area contributed by atoms with Crippen molar-refractivity contribution in [2.24, 2.45) is 5.92 Å². The Kier molecular flexibility index (Phi) is 18.4. The fraction of sp³-hybridized carbons (Fsp3) is 0.800. The van der Waals surface area contributed by atoms with Gasteiger partial charge in [-0.05, 0) is 83.5 Å². The molecule has 0 rings (SSSR count). The van der Waals surface area contributed by atoms with Gasteiger partial charge in [-0.25, -0.2) is 0 Å². The fourth-order valence-corrected chi connectivity index (χ4v) is 3.28. The topological polar surface area (TPSA) is 3.24 Å². The predicted molar refractivity (Wildman–Crippen MR) is 120 cm³/mol. The second kappa shape index (κ2) is 19.0. The third kappa shape index (κ3) is 19.5. The molecular weight excluding hydrogens is 314 g/mol. The molecule has 0 aromatic rings. The van der Waals surface area contributed by atoms with Crippen LogP contribution < -0.4 is 0 Å². The van der Waals surface area contributed by atoms with Crippen LogP contribution in [0.3, 0.4) is 0 Å². The molecule has 0 atom stereocenters. The summed E-state index contributed by atoms with van der Waals surface area (Å²) >= 11 is 0. The minimum Gasteiger partial charge on any atom is -0.303 e. The summed E-state index contributed by atoms with van der Waals surface area (Å²) in [4.78, 5) is 2.73. The zero-order valence-electron chi connectivity index (χ0n) is 18.3. The summed E-state index contributed by atoms with van der Waals surface area (Å²) in [6.45, 7) is 18.3. The van der Waals surface area contributed by atoms with Crippen molar-refractivity contribution in [1.29, 1.82) is 0 Å². The fourth-order valence-electron chi connectivity index (χ4n) is 3.28. The molecule has 0 spiro atoms. The van der Waals surface area contributed by atoms with E-state index in [1.807, 2.05) is 0 Å². The summed E-state index contributed by atoms with van der Waals surface area (Å²) in [6.07, 6.45) is 19.4. The van der Waals surface area contributed by atoms with Crippen LogP contribution in [0.25, 0.3) is 0 Å². The van der Waals surface area contributed by atoms with Gasteiger partial charge in [0.2, 0.25) is 0 Å². The van der Waals surface area contributed by atoms with Gasteiger partial charge in [0.1, 0.15) is 0 Å². The molecule has 0 heterocycles. The second-order valence-electron chi connectivity index (χ2n) is 8.46. The van der Waals surface area contributed by atoms with E-state index < -0.39 is 0 Å². The molecule has 0 aliphatic rings. The van der Waals surface area contributed by atoms with Gasteiger partial charge < -0.3 is 4.90 Å². The highest BCUT2D eigenvalue weighted by atomic mass is 15.1. The van der Waals surface area contributed by atoms with Crippen molar-refractivity contribution in [1.82, 2.24) is 4.90 Å². The lowest BCUT2D eigenvalue weighted by molar-refractivity contribution is 0.246. The Bertz CT molecular complexity index is 346. The first-order chi connectivity index (χ1) is 12.6. The van der Waals surface area contributed by atoms with Crippen molar-refractivity contribution in [3.05, 3.63) is 30.5 Å². The lowest BCUT2D eigenvalue weighted by atomic mass is 10.1. The average Bonchev–Trinajstić information content (AvgIpc) is 2.59. The van der Waals surface area contributed by atoms with Crippen molar-refractivity contribution in [3.8, 4) is 0 Å². The van der Waals surface area contributed by atoms with E-state index in [-0.39, 0.29) is 0 Å². The summed E-state index contributed by atoms with van der Waals surface area (Å²) < 4.78 is 0. The smallest absolute Gasteiger partial charge is 0.00163 e. The molecule has 0 saturated carbocycles. The van der Waals surface area contributed by atoms with Gasteiger partial charge in [0.25, 0.3) is 0 Å². The molecule has 1 nitrogen and oxygen atoms in total. The van der Waals surface area contributed by atoms with Gasteiger partial charge in [0.15, 0.2) is 0 Å². The van der Waals surface area contributed by atoms with Crippen LogP contribution in [-0.4, -0.2) is 24.5 Å². The Balaban J connectivity index is 3.76. The normalized spacial score (nSPS) is 11.1. The molecule has 0 aliphatic carbocycles. The largest absolute Gasteiger partial charge is 0.303 e. The Hall–Kier alpha value is -0.780. The van der Waals surface area contributed by atoms with E-state index in [2.05, 4.69) is 50.6 Å². The van der Waals surface area contributed by atoms with E-state index >= 15 is 0 Å². The zero-order chi connectivity index (χ0) is 19.5. The maximum Gasteiger partial charge on any atom is -0.00163 e. The van der Waals surface area contributed by atoms with Gasteiger partial charge in [0.05, 0.1) is 0 Å². The molecule has 0 unspecified atom stereocenters. The van der Waals surface area contributed by atoms with Crippen LogP contribution in [0.2, 0.25) is 0 Å². The highest BCUT2D eigenvalue weighted by Crippen LogP contribution is 2.12. The van der Waals surface area contributed by atoms with Crippen molar-refractivity contribution in [2.45, 2.75) is 104 Å². The van der Waals surface area contributed by atoms with Crippen molar-refractivity contribution < 1.29 is 0 Å². The molecule has 0 radical (unpaired) electrons. The number of allylic oxidation sites excluding steroid dienone is 2. The van der Waals surface area contributed by atoms with E-state index in [4.69, 9.17) is 0 Å². The number of hydrogen-bond acceptors (Lipinski definition) is 1. The Morgan fingerprint density at radius 1 is 0.846 bits per heavy atom. The van der Waals surface area contributed by atoms with E-state index in [9.17, 15) is 0 Å². The first-order valence-electron chi connectivity index (χ1n) is 11.3. The summed E-state index contributed by atoms with van der Waals surface area (Å²) in [5.74, 6) is 0.817. The van der Waals surface area contributed by atoms with E-state index in [0.29, 0.717) is 0 Å². The minimum atomic E-state index is 0.817. The standard InChI is InChI=1S/C25H47N/c1-6-7-8-9-10-11-14-17-21-26(23-20-25(4)5)22-18-15-12-13-16-19-24(2)3/h7,25H,1-2,8-23H2,3-5H3. The van der Waals surface area contributed by atoms with Crippen LogP contribution >= 0.6 is 0 Å². The van der Waals surface area contributed by atoms with Crippen LogP contribution in [0.5, 0.6) is 0 Å². The van der Waals surface area contributed by atoms with Crippen molar-refractivity contribution in [3.63, 3.8) is 0 Å². The van der Waals surface area contributed by atoms with Crippen molar-refractivity contribution >= 4 is 0 Å². The van der Waals surface area contributed by atoms with E-state index in [1.54, 1.807) is 0 Å². The summed E-state index contributed by atoms with van der Waals surface area (Å²) in [5, 5.41) is 0. The highest BCUT2D eigenvalue weighted by molar-refractivity contribution is 4.87. The van der Waals surface area contributed by atoms with Crippen LogP contribution in [0.15, 0.2) is 30.5 Å². The Labute approximate surface area is 165 Å². The molecule has 0 fully saturated rings. The molecule has 0 N–H and O–H groups in total. The molecule has 0 aromatic heterocycles. The first-order valence-corrected chi connectivity index (χ1v) is 11.3. The molecule has 0 aromatic carbocycles. The molecule has 1 heteroatoms. The highest BCUT2D eigenvalue weighted by Gasteiger charge is 2.06. The van der Waals surface area contributed by atoms with Gasteiger partial charge in [-0.2, -0.15) is 0 Å². The third-order valence-electron chi connectivity index (χ3n) is 5.07. The third-order valence-corrected chi connectivity index (χ3v) is 5.07. The van der Waals surface area contributed by atoms with Gasteiger partial charge in [-0.1, -0.05) is 64.5 Å². The number of hydrogen-bond donors (Lipinski definition) is 0. The summed E-state index contributed by atoms with van der Waals surface area (Å²) in [6, 6.07) is 0. The van der Waals surface area contributed by atoms with Crippen molar-refractivity contribution in [2.75, 3.05) is 19.6 Å². The molecule has 0 saturated heterocycles. The van der Waals surface area contributed by atoms with Crippen LogP contribution in [0, 0.1) is 5.92 Å². The first kappa shape index (κ1) is 25.2. The van der Waals surface area contributed by atoms with Gasteiger partial charge in [-0.15, -0.1) is 12.3 Å². The lowest BCUT2D eigenvalue weighted by Gasteiger charge is -2.23. The van der Waals surface area contributed by atoms with Crippen LogP contribution in [-0.2, 0) is 0 Å². The van der Waals surface area contributed by atoms with Crippen LogP contribution in [0.4, 0.5) is 0 Å². The SMILES string of the molecule is C=C=CCCCCCCCN(CCCCCCCC(=C)C)CCC(C)C. The maximum absolute atomic E-state index is 3.99. The summed E-state index contributed by atoms with van der Waals surface area (Å²) in [7, 11) is 0. The number of rotatable bonds is 19. The van der Waals surface area contributed by atoms with E-state index in [0.717, 1.165) is 12.3 Å². The number of nitrogens with zero attached hydrogens (tertiary/aromatic N) is 1. The Morgan fingerprint density at radius 3 is 1.92 bits per heavy atom. The van der Waals surface area contributed by atoms with Gasteiger partial charge in [-0.3, -0.25) is 0 Å². The van der Waals surface area contributed by atoms with Gasteiger partial charge >= 0.3 is 0 Å². The van der Waals surface area contributed by atoms with Gasteiger partial charge in [0, 0.05) is 0 Å². The number of unbranched alkanes of at least 4 members (excludes halogenated alkanes) is 9.